The summed E-state index contributed by atoms with van der Waals surface area (Å²) in [6, 6.07) is 11.9. The van der Waals surface area contributed by atoms with Crippen LogP contribution in [0.3, 0.4) is 0 Å². The van der Waals surface area contributed by atoms with Crippen molar-refractivity contribution in [3.05, 3.63) is 88.3 Å². The minimum Gasteiger partial charge on any atom is -0.495 e. The number of carbonyl (C=O) groups is 2. The van der Waals surface area contributed by atoms with E-state index in [2.05, 4.69) is 10.3 Å². The van der Waals surface area contributed by atoms with E-state index in [-0.39, 0.29) is 13.0 Å². The minimum absolute atomic E-state index is 0.215. The number of methoxy groups -OCH3 is 3. The number of hydrogen-bond donors (Lipinski definition) is 1. The lowest BCUT2D eigenvalue weighted by Crippen LogP contribution is -2.34. The summed E-state index contributed by atoms with van der Waals surface area (Å²) in [6.07, 6.45) is 4.51. The fraction of sp³-hybridized carbons (Fsp3) is 0.214. The third-order valence-corrected chi connectivity index (χ3v) is 6.29. The third kappa shape index (κ3) is 6.19. The summed E-state index contributed by atoms with van der Waals surface area (Å²) < 4.78 is 22.0. The van der Waals surface area contributed by atoms with Crippen LogP contribution in [0.25, 0.3) is 22.4 Å². The average molecular weight is 552 g/mol. The quantitative estimate of drug-likeness (QED) is 0.278. The van der Waals surface area contributed by atoms with Crippen molar-refractivity contribution >= 4 is 29.2 Å². The van der Waals surface area contributed by atoms with Gasteiger partial charge >= 0.3 is 5.97 Å². The van der Waals surface area contributed by atoms with E-state index < -0.39 is 23.5 Å². The number of nitrogens with zero attached hydrogens (tertiary/aromatic N) is 2. The Labute approximate surface area is 229 Å². The summed E-state index contributed by atoms with van der Waals surface area (Å²) in [5.74, 6) is -0.587. The van der Waals surface area contributed by atoms with Crippen LogP contribution in [0.2, 0.25) is 5.02 Å². The van der Waals surface area contributed by atoms with Gasteiger partial charge in [0.05, 0.1) is 26.0 Å². The van der Waals surface area contributed by atoms with Crippen LogP contribution in [0.15, 0.2) is 76.6 Å². The Morgan fingerprint density at radius 3 is 2.46 bits per heavy atom. The lowest BCUT2D eigenvalue weighted by molar-refractivity contribution is -0.119. The van der Waals surface area contributed by atoms with Gasteiger partial charge in [0, 0.05) is 48.0 Å². The van der Waals surface area contributed by atoms with Gasteiger partial charge in [0.15, 0.2) is 6.39 Å². The Morgan fingerprint density at radius 1 is 1.05 bits per heavy atom. The van der Waals surface area contributed by atoms with Crippen molar-refractivity contribution in [2.45, 2.75) is 12.5 Å². The van der Waals surface area contributed by atoms with E-state index in [1.807, 2.05) is 0 Å². The van der Waals surface area contributed by atoms with Gasteiger partial charge in [-0.25, -0.2) is 9.78 Å². The van der Waals surface area contributed by atoms with Crippen LogP contribution in [-0.2, 0) is 14.3 Å². The molecule has 1 N–H and O–H groups in total. The van der Waals surface area contributed by atoms with Gasteiger partial charge in [-0.15, -0.1) is 0 Å². The van der Waals surface area contributed by atoms with Crippen LogP contribution in [0.4, 0.5) is 5.69 Å². The molecule has 0 radical (unpaired) electrons. The molecule has 39 heavy (non-hydrogen) atoms. The summed E-state index contributed by atoms with van der Waals surface area (Å²) in [4.78, 5) is 42.7. The number of oxazole rings is 1. The Balaban J connectivity index is 1.72. The number of halogens is 1. The van der Waals surface area contributed by atoms with Crippen molar-refractivity contribution in [2.24, 2.45) is 0 Å². The normalized spacial score (nSPS) is 11.6. The van der Waals surface area contributed by atoms with Gasteiger partial charge in [0.25, 0.3) is 5.56 Å². The van der Waals surface area contributed by atoms with Crippen LogP contribution >= 0.6 is 11.6 Å². The minimum atomic E-state index is -0.921. The molecule has 2 aromatic carbocycles. The number of aromatic nitrogens is 2. The maximum absolute atomic E-state index is 13.4. The molecule has 0 spiro atoms. The predicted octanol–water partition coefficient (Wildman–Crippen LogP) is 4.84. The highest BCUT2D eigenvalue weighted by Crippen LogP contribution is 2.38. The molecule has 1 amide bonds. The van der Waals surface area contributed by atoms with E-state index >= 15 is 0 Å². The number of carbonyl (C=O) groups excluding carboxylic acids is 2. The second kappa shape index (κ2) is 12.4. The molecule has 4 rings (SSSR count). The molecule has 0 aliphatic carbocycles. The molecule has 0 aliphatic rings. The maximum Gasteiger partial charge on any atom is 0.337 e. The van der Waals surface area contributed by atoms with E-state index in [0.29, 0.717) is 44.4 Å². The first-order valence-corrected chi connectivity index (χ1v) is 12.2. The highest BCUT2D eigenvalue weighted by Gasteiger charge is 2.24. The standard InChI is InChI=1S/C28H26ClN3O7/c1-36-11-10-24(27(34)31-19-7-4-17(5-8-19)28(35)38-3)32-14-25(37-2)22(13-26(32)33)21-12-18(29)6-9-20(21)23-15-39-16-30-23/h4-9,12-16,24H,10-11H2,1-3H3,(H,31,34). The number of pyridine rings is 1. The van der Waals surface area contributed by atoms with Crippen molar-refractivity contribution in [2.75, 3.05) is 33.3 Å². The van der Waals surface area contributed by atoms with Crippen LogP contribution in [0, 0.1) is 0 Å². The molecular formula is C28H26ClN3O7. The molecule has 4 aromatic rings. The van der Waals surface area contributed by atoms with Gasteiger partial charge in [-0.1, -0.05) is 17.7 Å². The predicted molar refractivity (Wildman–Crippen MR) is 145 cm³/mol. The van der Waals surface area contributed by atoms with E-state index in [0.717, 1.165) is 0 Å². The van der Waals surface area contributed by atoms with E-state index in [4.69, 9.17) is 30.2 Å². The lowest BCUT2D eigenvalue weighted by atomic mass is 9.97. The molecule has 2 heterocycles. The van der Waals surface area contributed by atoms with Crippen molar-refractivity contribution < 1.29 is 28.2 Å². The van der Waals surface area contributed by atoms with Crippen molar-refractivity contribution in [1.29, 1.82) is 0 Å². The fourth-order valence-corrected chi connectivity index (χ4v) is 4.28. The molecule has 0 fully saturated rings. The second-order valence-corrected chi connectivity index (χ2v) is 8.86. The summed E-state index contributed by atoms with van der Waals surface area (Å²) in [6.45, 7) is 0.223. The Hall–Kier alpha value is -4.41. The monoisotopic (exact) mass is 551 g/mol. The highest BCUT2D eigenvalue weighted by atomic mass is 35.5. The van der Waals surface area contributed by atoms with Crippen molar-refractivity contribution in [1.82, 2.24) is 9.55 Å². The number of nitrogens with one attached hydrogen (secondary N) is 1. The summed E-state index contributed by atoms with van der Waals surface area (Å²) in [5.41, 5.74) is 2.69. The molecular weight excluding hydrogens is 526 g/mol. The number of esters is 1. The first-order chi connectivity index (χ1) is 18.9. The highest BCUT2D eigenvalue weighted by molar-refractivity contribution is 6.31. The molecule has 202 valence electrons. The number of amides is 1. The number of rotatable bonds is 10. The van der Waals surface area contributed by atoms with Gasteiger partial charge in [0.2, 0.25) is 5.91 Å². The SMILES string of the molecule is COCCC(C(=O)Nc1ccc(C(=O)OC)cc1)n1cc(OC)c(-c2cc(Cl)ccc2-c2cocn2)cc1=O. The first kappa shape index (κ1) is 27.6. The summed E-state index contributed by atoms with van der Waals surface area (Å²) >= 11 is 6.30. The number of ether oxygens (including phenoxy) is 3. The smallest absolute Gasteiger partial charge is 0.337 e. The van der Waals surface area contributed by atoms with Crippen LogP contribution in [0.1, 0.15) is 22.8 Å². The molecule has 1 unspecified atom stereocenters. The molecule has 0 saturated heterocycles. The van der Waals surface area contributed by atoms with E-state index in [9.17, 15) is 14.4 Å². The Kier molecular flexibility index (Phi) is 8.80. The van der Waals surface area contributed by atoms with Crippen LogP contribution in [-0.4, -0.2) is 49.4 Å². The van der Waals surface area contributed by atoms with E-state index in [1.54, 1.807) is 30.3 Å². The second-order valence-electron chi connectivity index (χ2n) is 8.42. The van der Waals surface area contributed by atoms with Gasteiger partial charge in [-0.3, -0.25) is 14.2 Å². The zero-order chi connectivity index (χ0) is 27.9. The van der Waals surface area contributed by atoms with Gasteiger partial charge in [-0.05, 0) is 42.0 Å². The number of benzene rings is 2. The molecule has 0 bridgehead atoms. The summed E-state index contributed by atoms with van der Waals surface area (Å²) in [5, 5.41) is 3.25. The molecule has 1 atom stereocenters. The van der Waals surface area contributed by atoms with Crippen molar-refractivity contribution in [3.8, 4) is 28.1 Å². The largest absolute Gasteiger partial charge is 0.495 e. The molecule has 2 aromatic heterocycles. The zero-order valence-electron chi connectivity index (χ0n) is 21.5. The Bertz CT molecular complexity index is 1520. The van der Waals surface area contributed by atoms with Crippen molar-refractivity contribution in [3.63, 3.8) is 0 Å². The average Bonchev–Trinajstić information content (AvgIpc) is 3.48. The topological polar surface area (TPSA) is 122 Å². The zero-order valence-corrected chi connectivity index (χ0v) is 22.2. The lowest BCUT2D eigenvalue weighted by Gasteiger charge is -2.21. The van der Waals surface area contributed by atoms with Crippen LogP contribution in [0.5, 0.6) is 5.75 Å². The summed E-state index contributed by atoms with van der Waals surface area (Å²) in [7, 11) is 4.27. The number of hydrogen-bond acceptors (Lipinski definition) is 8. The number of anilines is 1. The molecule has 0 saturated carbocycles. The Morgan fingerprint density at radius 2 is 1.82 bits per heavy atom. The van der Waals surface area contributed by atoms with Gasteiger partial charge in [-0.2, -0.15) is 0 Å². The maximum atomic E-state index is 13.4. The van der Waals surface area contributed by atoms with E-state index in [1.165, 1.54) is 62.9 Å². The fourth-order valence-electron chi connectivity index (χ4n) is 4.11. The van der Waals surface area contributed by atoms with Gasteiger partial charge < -0.3 is 23.9 Å². The molecule has 0 aliphatic heterocycles. The molecule has 11 heteroatoms. The van der Waals surface area contributed by atoms with Gasteiger partial charge in [0.1, 0.15) is 23.7 Å². The molecule has 10 nitrogen and oxygen atoms in total. The van der Waals surface area contributed by atoms with Crippen LogP contribution < -0.4 is 15.6 Å². The third-order valence-electron chi connectivity index (χ3n) is 6.05. The first-order valence-electron chi connectivity index (χ1n) is 11.8.